The number of aromatic nitrogens is 4. The van der Waals surface area contributed by atoms with E-state index >= 15 is 0 Å². The number of halogens is 3. The van der Waals surface area contributed by atoms with Crippen molar-refractivity contribution in [3.63, 3.8) is 0 Å². The highest BCUT2D eigenvalue weighted by atomic mass is 32.2. The Hall–Kier alpha value is -3.51. The van der Waals surface area contributed by atoms with Gasteiger partial charge in [-0.15, -0.1) is 0 Å². The lowest BCUT2D eigenvalue weighted by Crippen LogP contribution is -2.12. The van der Waals surface area contributed by atoms with E-state index in [0.29, 0.717) is 24.2 Å². The fraction of sp³-hybridized carbons (Fsp3) is 0.150. The van der Waals surface area contributed by atoms with Crippen molar-refractivity contribution in [2.24, 2.45) is 5.14 Å². The third-order valence-corrected chi connectivity index (χ3v) is 5.69. The van der Waals surface area contributed by atoms with E-state index in [9.17, 15) is 21.6 Å². The first-order valence-corrected chi connectivity index (χ1v) is 10.9. The zero-order valence-electron chi connectivity index (χ0n) is 16.4. The minimum atomic E-state index is -4.54. The Morgan fingerprint density at radius 3 is 2.44 bits per heavy atom. The molecule has 0 aliphatic heterocycles. The SMILES string of the molecule is NS(=O)(=O)c1ccc(CCNc2ncnc3c2cnn3-c2ccccc2C(F)(F)F)cc1. The lowest BCUT2D eigenvalue weighted by atomic mass is 10.1. The number of nitrogens with zero attached hydrogens (tertiary/aromatic N) is 4. The van der Waals surface area contributed by atoms with E-state index in [0.717, 1.165) is 16.3 Å². The fourth-order valence-corrected chi connectivity index (χ4v) is 3.75. The van der Waals surface area contributed by atoms with Crippen molar-refractivity contribution in [3.8, 4) is 5.69 Å². The Labute approximate surface area is 181 Å². The average molecular weight is 462 g/mol. The summed E-state index contributed by atoms with van der Waals surface area (Å²) in [4.78, 5) is 8.31. The second-order valence-electron chi connectivity index (χ2n) is 6.90. The van der Waals surface area contributed by atoms with Crippen LogP contribution < -0.4 is 10.5 Å². The number of nitrogens with one attached hydrogen (secondary N) is 1. The molecular weight excluding hydrogens is 445 g/mol. The van der Waals surface area contributed by atoms with Crippen molar-refractivity contribution in [1.29, 1.82) is 0 Å². The van der Waals surface area contributed by atoms with Crippen molar-refractivity contribution < 1.29 is 21.6 Å². The molecule has 12 heteroatoms. The van der Waals surface area contributed by atoms with Gasteiger partial charge in [-0.05, 0) is 36.2 Å². The summed E-state index contributed by atoms with van der Waals surface area (Å²) in [5.41, 5.74) is 0.150. The Bertz CT molecular complexity index is 1370. The molecule has 0 bridgehead atoms. The van der Waals surface area contributed by atoms with E-state index in [1.165, 1.54) is 42.9 Å². The van der Waals surface area contributed by atoms with E-state index in [1.807, 2.05) is 0 Å². The molecule has 0 saturated heterocycles. The summed E-state index contributed by atoms with van der Waals surface area (Å²) in [6.07, 6.45) is -1.34. The zero-order chi connectivity index (χ0) is 22.9. The molecular formula is C20H17F3N6O2S. The molecule has 0 amide bonds. The van der Waals surface area contributed by atoms with E-state index in [1.54, 1.807) is 12.1 Å². The summed E-state index contributed by atoms with van der Waals surface area (Å²) in [6.45, 7) is 0.436. The summed E-state index contributed by atoms with van der Waals surface area (Å²) in [7, 11) is -3.75. The minimum absolute atomic E-state index is 0.0262. The molecule has 0 aliphatic rings. The van der Waals surface area contributed by atoms with Crippen molar-refractivity contribution in [2.75, 3.05) is 11.9 Å². The Morgan fingerprint density at radius 1 is 1.03 bits per heavy atom. The van der Waals surface area contributed by atoms with E-state index in [4.69, 9.17) is 5.14 Å². The van der Waals surface area contributed by atoms with Gasteiger partial charge in [-0.1, -0.05) is 24.3 Å². The highest BCUT2D eigenvalue weighted by Gasteiger charge is 2.34. The molecule has 0 atom stereocenters. The van der Waals surface area contributed by atoms with Gasteiger partial charge in [-0.3, -0.25) is 0 Å². The molecule has 0 radical (unpaired) electrons. The molecule has 2 heterocycles. The molecule has 4 aromatic rings. The number of rotatable bonds is 6. The van der Waals surface area contributed by atoms with Gasteiger partial charge < -0.3 is 5.32 Å². The molecule has 3 N–H and O–H groups in total. The molecule has 0 spiro atoms. The molecule has 8 nitrogen and oxygen atoms in total. The van der Waals surface area contributed by atoms with Gasteiger partial charge in [-0.2, -0.15) is 18.3 Å². The van der Waals surface area contributed by atoms with Crippen LogP contribution in [-0.2, 0) is 22.6 Å². The van der Waals surface area contributed by atoms with Gasteiger partial charge in [0.15, 0.2) is 5.65 Å². The van der Waals surface area contributed by atoms with E-state index < -0.39 is 21.8 Å². The third-order valence-electron chi connectivity index (χ3n) is 4.76. The highest BCUT2D eigenvalue weighted by Crippen LogP contribution is 2.34. The third kappa shape index (κ3) is 4.41. The number of hydrogen-bond acceptors (Lipinski definition) is 6. The molecule has 32 heavy (non-hydrogen) atoms. The largest absolute Gasteiger partial charge is 0.418 e. The Kier molecular flexibility index (Phi) is 5.57. The smallest absolute Gasteiger partial charge is 0.369 e. The number of nitrogens with two attached hydrogens (primary N) is 1. The van der Waals surface area contributed by atoms with Gasteiger partial charge in [0, 0.05) is 6.54 Å². The molecule has 0 aliphatic carbocycles. The second-order valence-corrected chi connectivity index (χ2v) is 8.46. The Balaban J connectivity index is 1.56. The van der Waals surface area contributed by atoms with Crippen LogP contribution in [0.15, 0.2) is 66.0 Å². The van der Waals surface area contributed by atoms with Crippen LogP contribution in [-0.4, -0.2) is 34.7 Å². The molecule has 0 unspecified atom stereocenters. The predicted molar refractivity (Wildman–Crippen MR) is 112 cm³/mol. The van der Waals surface area contributed by atoms with Crippen LogP contribution in [0.5, 0.6) is 0 Å². The van der Waals surface area contributed by atoms with Gasteiger partial charge >= 0.3 is 6.18 Å². The first kappa shape index (κ1) is 21.7. The van der Waals surface area contributed by atoms with Crippen LogP contribution in [0, 0.1) is 0 Å². The van der Waals surface area contributed by atoms with E-state index in [2.05, 4.69) is 20.4 Å². The predicted octanol–water partition coefficient (Wildman–Crippen LogP) is 3.14. The van der Waals surface area contributed by atoms with Crippen LogP contribution in [0.1, 0.15) is 11.1 Å². The summed E-state index contributed by atoms with van der Waals surface area (Å²) in [5.74, 6) is 0.423. The minimum Gasteiger partial charge on any atom is -0.369 e. The number of primary sulfonamides is 1. The molecule has 2 aromatic heterocycles. The fourth-order valence-electron chi connectivity index (χ4n) is 3.23. The van der Waals surface area contributed by atoms with Crippen molar-refractivity contribution in [3.05, 3.63) is 72.2 Å². The zero-order valence-corrected chi connectivity index (χ0v) is 17.2. The summed E-state index contributed by atoms with van der Waals surface area (Å²) >= 11 is 0. The van der Waals surface area contributed by atoms with Crippen LogP contribution >= 0.6 is 0 Å². The number of sulfonamides is 1. The van der Waals surface area contributed by atoms with Gasteiger partial charge in [0.25, 0.3) is 0 Å². The second kappa shape index (κ2) is 8.20. The van der Waals surface area contributed by atoms with Gasteiger partial charge in [0.1, 0.15) is 12.1 Å². The van der Waals surface area contributed by atoms with Gasteiger partial charge in [0.05, 0.1) is 27.7 Å². The molecule has 166 valence electrons. The molecule has 2 aromatic carbocycles. The van der Waals surface area contributed by atoms with E-state index in [-0.39, 0.29) is 16.2 Å². The monoisotopic (exact) mass is 462 g/mol. The molecule has 0 saturated carbocycles. The maximum Gasteiger partial charge on any atom is 0.418 e. The standard InChI is InChI=1S/C20H17F3N6O2S/c21-20(22,23)16-3-1-2-4-17(16)29-19-15(11-28-29)18(26-12-27-19)25-10-9-13-5-7-14(8-6-13)32(24,30)31/h1-8,11-12H,9-10H2,(H2,24,30,31)(H,25,26,27). The summed E-state index contributed by atoms with van der Waals surface area (Å²) < 4.78 is 64.0. The quantitative estimate of drug-likeness (QED) is 0.455. The topological polar surface area (TPSA) is 116 Å². The summed E-state index contributed by atoms with van der Waals surface area (Å²) in [6, 6.07) is 11.3. The van der Waals surface area contributed by atoms with Crippen LogP contribution in [0.25, 0.3) is 16.7 Å². The normalized spacial score (nSPS) is 12.2. The van der Waals surface area contributed by atoms with Gasteiger partial charge in [-0.25, -0.2) is 28.2 Å². The van der Waals surface area contributed by atoms with Crippen LogP contribution in [0.4, 0.5) is 19.0 Å². The average Bonchev–Trinajstić information content (AvgIpc) is 3.18. The number of benzene rings is 2. The highest BCUT2D eigenvalue weighted by molar-refractivity contribution is 7.89. The van der Waals surface area contributed by atoms with Crippen molar-refractivity contribution in [2.45, 2.75) is 17.5 Å². The van der Waals surface area contributed by atoms with Gasteiger partial charge in [0.2, 0.25) is 10.0 Å². The maximum absolute atomic E-state index is 13.4. The lowest BCUT2D eigenvalue weighted by molar-refractivity contribution is -0.137. The number of hydrogen-bond donors (Lipinski definition) is 2. The molecule has 0 fully saturated rings. The first-order chi connectivity index (χ1) is 15.1. The number of para-hydroxylation sites is 1. The number of alkyl halides is 3. The maximum atomic E-state index is 13.4. The van der Waals surface area contributed by atoms with Crippen molar-refractivity contribution >= 4 is 26.9 Å². The Morgan fingerprint density at radius 2 is 1.75 bits per heavy atom. The van der Waals surface area contributed by atoms with Crippen LogP contribution in [0.2, 0.25) is 0 Å². The lowest BCUT2D eigenvalue weighted by Gasteiger charge is -2.13. The number of anilines is 1. The first-order valence-electron chi connectivity index (χ1n) is 9.35. The van der Waals surface area contributed by atoms with Crippen molar-refractivity contribution in [1.82, 2.24) is 19.7 Å². The molecule has 4 rings (SSSR count). The number of fused-ring (bicyclic) bond motifs is 1. The summed E-state index contributed by atoms with van der Waals surface area (Å²) in [5, 5.41) is 12.8. The van der Waals surface area contributed by atoms with Crippen LogP contribution in [0.3, 0.4) is 0 Å².